The fraction of sp³-hybridized carbons (Fsp3) is 0.562. The average molecular weight is 319 g/mol. The summed E-state index contributed by atoms with van der Waals surface area (Å²) in [6.07, 6.45) is 4.35. The van der Waals surface area contributed by atoms with E-state index in [0.717, 1.165) is 5.56 Å². The number of rotatable bonds is 5. The van der Waals surface area contributed by atoms with Crippen LogP contribution in [0.3, 0.4) is 0 Å². The number of nitrogens with zero attached hydrogens (tertiary/aromatic N) is 3. The van der Waals surface area contributed by atoms with E-state index >= 15 is 0 Å². The number of carbonyl (C=O) groups is 1. The van der Waals surface area contributed by atoms with Crippen molar-refractivity contribution in [2.75, 3.05) is 19.8 Å². The Morgan fingerprint density at radius 3 is 3.00 bits per heavy atom. The standard InChI is InChI=1S/C16H21N3O4/c1-11(2)15-17-18-16(23-15)13-10-22-8-6-19(13)14(20)4-3-12-5-7-21-9-12/h5,7,9,11,13H,3-4,6,8,10H2,1-2H3/t13-/m0/s1. The van der Waals surface area contributed by atoms with Crippen LogP contribution in [0.1, 0.15) is 49.6 Å². The molecule has 1 aliphatic heterocycles. The van der Waals surface area contributed by atoms with Crippen LogP contribution in [0, 0.1) is 0 Å². The highest BCUT2D eigenvalue weighted by Gasteiger charge is 2.32. The van der Waals surface area contributed by atoms with E-state index < -0.39 is 0 Å². The first kappa shape index (κ1) is 15.7. The van der Waals surface area contributed by atoms with Crippen LogP contribution in [-0.2, 0) is 16.0 Å². The molecule has 2 aromatic heterocycles. The molecule has 3 heterocycles. The Balaban J connectivity index is 1.68. The van der Waals surface area contributed by atoms with Crippen LogP contribution in [0.4, 0.5) is 0 Å². The minimum atomic E-state index is -0.305. The van der Waals surface area contributed by atoms with E-state index in [1.54, 1.807) is 17.4 Å². The van der Waals surface area contributed by atoms with Gasteiger partial charge in [-0.3, -0.25) is 4.79 Å². The third-order valence-corrected chi connectivity index (χ3v) is 3.89. The lowest BCUT2D eigenvalue weighted by atomic mass is 10.1. The molecular weight excluding hydrogens is 298 g/mol. The Morgan fingerprint density at radius 1 is 1.43 bits per heavy atom. The van der Waals surface area contributed by atoms with Crippen molar-refractivity contribution in [3.8, 4) is 0 Å². The number of furan rings is 1. The molecular formula is C16H21N3O4. The minimum absolute atomic E-state index is 0.0591. The largest absolute Gasteiger partial charge is 0.472 e. The maximum Gasteiger partial charge on any atom is 0.241 e. The monoisotopic (exact) mass is 319 g/mol. The van der Waals surface area contributed by atoms with Crippen molar-refractivity contribution in [2.24, 2.45) is 0 Å². The number of amides is 1. The Kier molecular flexibility index (Phi) is 4.76. The zero-order valence-corrected chi connectivity index (χ0v) is 13.4. The van der Waals surface area contributed by atoms with Crippen LogP contribution in [0.5, 0.6) is 0 Å². The predicted octanol–water partition coefficient (Wildman–Crippen LogP) is 2.32. The van der Waals surface area contributed by atoms with E-state index in [0.29, 0.717) is 44.4 Å². The van der Waals surface area contributed by atoms with Crippen molar-refractivity contribution < 1.29 is 18.4 Å². The fourth-order valence-corrected chi connectivity index (χ4v) is 2.55. The lowest BCUT2D eigenvalue weighted by Gasteiger charge is -2.33. The second-order valence-electron chi connectivity index (χ2n) is 5.94. The summed E-state index contributed by atoms with van der Waals surface area (Å²) in [6.45, 7) is 5.43. The summed E-state index contributed by atoms with van der Waals surface area (Å²) in [5.41, 5.74) is 1.02. The fourth-order valence-electron chi connectivity index (χ4n) is 2.55. The number of ether oxygens (including phenoxy) is 1. The molecule has 7 heteroatoms. The first-order chi connectivity index (χ1) is 11.1. The number of morpholine rings is 1. The molecule has 0 unspecified atom stereocenters. The van der Waals surface area contributed by atoms with Gasteiger partial charge in [-0.25, -0.2) is 0 Å². The SMILES string of the molecule is CC(C)c1nnc([C@@H]2COCCN2C(=O)CCc2ccoc2)o1. The van der Waals surface area contributed by atoms with Crippen LogP contribution in [0.25, 0.3) is 0 Å². The topological polar surface area (TPSA) is 81.6 Å². The summed E-state index contributed by atoms with van der Waals surface area (Å²) in [7, 11) is 0. The van der Waals surface area contributed by atoms with Crippen LogP contribution < -0.4 is 0 Å². The number of hydrogen-bond donors (Lipinski definition) is 0. The van der Waals surface area contributed by atoms with Gasteiger partial charge in [-0.2, -0.15) is 0 Å². The summed E-state index contributed by atoms with van der Waals surface area (Å²) < 4.78 is 16.2. The third kappa shape index (κ3) is 3.61. The average Bonchev–Trinajstić information content (AvgIpc) is 3.24. The highest BCUT2D eigenvalue weighted by molar-refractivity contribution is 5.77. The highest BCUT2D eigenvalue weighted by atomic mass is 16.5. The molecule has 0 aliphatic carbocycles. The smallest absolute Gasteiger partial charge is 0.241 e. The van der Waals surface area contributed by atoms with Gasteiger partial charge in [0.25, 0.3) is 0 Å². The molecule has 3 rings (SSSR count). The van der Waals surface area contributed by atoms with E-state index in [9.17, 15) is 4.79 Å². The Morgan fingerprint density at radius 2 is 2.30 bits per heavy atom. The van der Waals surface area contributed by atoms with E-state index in [1.165, 1.54) is 0 Å². The zero-order chi connectivity index (χ0) is 16.2. The van der Waals surface area contributed by atoms with E-state index in [1.807, 2.05) is 19.9 Å². The summed E-state index contributed by atoms with van der Waals surface area (Å²) in [4.78, 5) is 14.3. The quantitative estimate of drug-likeness (QED) is 0.841. The van der Waals surface area contributed by atoms with Gasteiger partial charge in [0.05, 0.1) is 25.7 Å². The van der Waals surface area contributed by atoms with Crippen LogP contribution in [0.2, 0.25) is 0 Å². The Bertz CT molecular complexity index is 636. The van der Waals surface area contributed by atoms with Gasteiger partial charge in [0.2, 0.25) is 17.7 Å². The Labute approximate surface area is 134 Å². The van der Waals surface area contributed by atoms with Crippen LogP contribution in [0.15, 0.2) is 27.4 Å². The molecule has 2 aromatic rings. The van der Waals surface area contributed by atoms with Gasteiger partial charge >= 0.3 is 0 Å². The molecule has 1 aliphatic rings. The summed E-state index contributed by atoms with van der Waals surface area (Å²) in [6, 6.07) is 1.57. The van der Waals surface area contributed by atoms with Gasteiger partial charge in [0.1, 0.15) is 6.04 Å². The van der Waals surface area contributed by atoms with Crippen molar-refractivity contribution in [1.29, 1.82) is 0 Å². The highest BCUT2D eigenvalue weighted by Crippen LogP contribution is 2.26. The van der Waals surface area contributed by atoms with E-state index in [2.05, 4.69) is 10.2 Å². The first-order valence-electron chi connectivity index (χ1n) is 7.86. The second kappa shape index (κ2) is 6.95. The van der Waals surface area contributed by atoms with Gasteiger partial charge in [0, 0.05) is 18.9 Å². The number of aromatic nitrogens is 2. The van der Waals surface area contributed by atoms with Crippen LogP contribution in [-0.4, -0.2) is 40.8 Å². The van der Waals surface area contributed by atoms with Gasteiger partial charge in [-0.05, 0) is 18.1 Å². The zero-order valence-electron chi connectivity index (χ0n) is 13.4. The van der Waals surface area contributed by atoms with Crippen molar-refractivity contribution in [3.63, 3.8) is 0 Å². The van der Waals surface area contributed by atoms with Gasteiger partial charge in [0.15, 0.2) is 0 Å². The molecule has 0 N–H and O–H groups in total. The molecule has 0 bridgehead atoms. The summed E-state index contributed by atoms with van der Waals surface area (Å²) in [5.74, 6) is 1.25. The number of hydrogen-bond acceptors (Lipinski definition) is 6. The lowest BCUT2D eigenvalue weighted by Crippen LogP contribution is -2.43. The molecule has 124 valence electrons. The number of carbonyl (C=O) groups excluding carboxylic acids is 1. The minimum Gasteiger partial charge on any atom is -0.472 e. The Hall–Kier alpha value is -2.15. The van der Waals surface area contributed by atoms with Crippen molar-refractivity contribution in [3.05, 3.63) is 35.9 Å². The maximum atomic E-state index is 12.6. The molecule has 0 saturated carbocycles. The van der Waals surface area contributed by atoms with E-state index in [4.69, 9.17) is 13.6 Å². The number of aryl methyl sites for hydroxylation is 1. The normalized spacial score (nSPS) is 18.6. The molecule has 1 saturated heterocycles. The molecule has 7 nitrogen and oxygen atoms in total. The predicted molar refractivity (Wildman–Crippen MR) is 80.7 cm³/mol. The first-order valence-corrected chi connectivity index (χ1v) is 7.86. The van der Waals surface area contributed by atoms with Crippen LogP contribution >= 0.6 is 0 Å². The summed E-state index contributed by atoms with van der Waals surface area (Å²) in [5, 5.41) is 8.15. The molecule has 0 radical (unpaired) electrons. The molecule has 0 spiro atoms. The van der Waals surface area contributed by atoms with Crippen molar-refractivity contribution >= 4 is 5.91 Å². The molecule has 1 atom stereocenters. The van der Waals surface area contributed by atoms with Gasteiger partial charge in [-0.1, -0.05) is 13.8 Å². The van der Waals surface area contributed by atoms with Gasteiger partial charge in [-0.15, -0.1) is 10.2 Å². The van der Waals surface area contributed by atoms with E-state index in [-0.39, 0.29) is 17.9 Å². The summed E-state index contributed by atoms with van der Waals surface area (Å²) >= 11 is 0. The second-order valence-corrected chi connectivity index (χ2v) is 5.94. The molecule has 1 fully saturated rings. The van der Waals surface area contributed by atoms with Gasteiger partial charge < -0.3 is 18.5 Å². The molecule has 1 amide bonds. The third-order valence-electron chi connectivity index (χ3n) is 3.89. The molecule has 23 heavy (non-hydrogen) atoms. The molecule has 0 aromatic carbocycles. The van der Waals surface area contributed by atoms with Crippen molar-refractivity contribution in [1.82, 2.24) is 15.1 Å². The lowest BCUT2D eigenvalue weighted by molar-refractivity contribution is -0.141. The maximum absolute atomic E-state index is 12.6. The van der Waals surface area contributed by atoms with Crippen molar-refractivity contribution in [2.45, 2.75) is 38.6 Å².